The van der Waals surface area contributed by atoms with Gasteiger partial charge in [-0.05, 0) is 43.1 Å². The lowest BCUT2D eigenvalue weighted by atomic mass is 9.96. The van der Waals surface area contributed by atoms with Gasteiger partial charge in [0.05, 0.1) is 5.39 Å². The first-order valence-electron chi connectivity index (χ1n) is 9.30. The molecule has 27 heavy (non-hydrogen) atoms. The summed E-state index contributed by atoms with van der Waals surface area (Å²) < 4.78 is 0. The van der Waals surface area contributed by atoms with E-state index < -0.39 is 0 Å². The van der Waals surface area contributed by atoms with Crippen LogP contribution in [0.15, 0.2) is 42.9 Å². The van der Waals surface area contributed by atoms with Gasteiger partial charge in [-0.3, -0.25) is 9.69 Å². The maximum atomic E-state index is 11.3. The van der Waals surface area contributed by atoms with Crippen molar-refractivity contribution in [3.8, 4) is 0 Å². The van der Waals surface area contributed by atoms with E-state index in [4.69, 9.17) is 5.73 Å². The third-order valence-electron chi connectivity index (χ3n) is 5.23. The molecule has 3 heterocycles. The van der Waals surface area contributed by atoms with Gasteiger partial charge in [-0.25, -0.2) is 9.97 Å². The number of fused-ring (bicyclic) bond motifs is 1. The Morgan fingerprint density at radius 1 is 1.15 bits per heavy atom. The number of H-pyrrole nitrogens is 1. The second kappa shape index (κ2) is 7.75. The predicted molar refractivity (Wildman–Crippen MR) is 105 cm³/mol. The predicted octanol–water partition coefficient (Wildman–Crippen LogP) is 2.27. The number of likely N-dealkylation sites (tertiary alicyclic amines) is 1. The number of carbonyl (C=O) groups is 1. The van der Waals surface area contributed by atoms with Crippen LogP contribution in [0, 0.1) is 5.92 Å². The molecule has 2 aromatic heterocycles. The van der Waals surface area contributed by atoms with E-state index in [-0.39, 0.29) is 11.8 Å². The number of primary amides is 1. The highest BCUT2D eigenvalue weighted by molar-refractivity contribution is 5.86. The summed E-state index contributed by atoms with van der Waals surface area (Å²) in [5, 5.41) is 4.37. The molecule has 4 N–H and O–H groups in total. The zero-order valence-electron chi connectivity index (χ0n) is 15.2. The van der Waals surface area contributed by atoms with Crippen LogP contribution in [0.3, 0.4) is 0 Å². The molecule has 0 saturated carbocycles. The van der Waals surface area contributed by atoms with Crippen LogP contribution in [-0.4, -0.2) is 38.8 Å². The molecule has 0 aliphatic carbocycles. The highest BCUT2D eigenvalue weighted by atomic mass is 16.1. The Hall–Kier alpha value is -2.93. The Morgan fingerprint density at radius 3 is 2.63 bits per heavy atom. The number of nitrogens with zero attached hydrogens (tertiary/aromatic N) is 3. The van der Waals surface area contributed by atoms with Crippen molar-refractivity contribution >= 4 is 22.8 Å². The molecule has 1 aliphatic heterocycles. The Kier molecular flexibility index (Phi) is 5.02. The van der Waals surface area contributed by atoms with E-state index in [1.165, 1.54) is 11.1 Å². The van der Waals surface area contributed by atoms with Crippen molar-refractivity contribution in [2.75, 3.05) is 18.4 Å². The van der Waals surface area contributed by atoms with Gasteiger partial charge in [0.25, 0.3) is 0 Å². The average Bonchev–Trinajstić information content (AvgIpc) is 3.17. The fourth-order valence-electron chi connectivity index (χ4n) is 3.60. The van der Waals surface area contributed by atoms with Gasteiger partial charge < -0.3 is 16.0 Å². The molecule has 0 spiro atoms. The van der Waals surface area contributed by atoms with Crippen LogP contribution in [-0.2, 0) is 17.9 Å². The molecule has 1 amide bonds. The Morgan fingerprint density at radius 2 is 1.89 bits per heavy atom. The van der Waals surface area contributed by atoms with Crippen molar-refractivity contribution in [3.05, 3.63) is 54.0 Å². The van der Waals surface area contributed by atoms with E-state index in [2.05, 4.69) is 49.4 Å². The SMILES string of the molecule is NC(=O)C1CCN(Cc2ccc(CNc3ncnc4[nH]ccc34)cc2)CC1. The van der Waals surface area contributed by atoms with Crippen LogP contribution >= 0.6 is 0 Å². The van der Waals surface area contributed by atoms with Gasteiger partial charge >= 0.3 is 0 Å². The highest BCUT2D eigenvalue weighted by Crippen LogP contribution is 2.20. The minimum atomic E-state index is -0.160. The van der Waals surface area contributed by atoms with Crippen molar-refractivity contribution in [2.45, 2.75) is 25.9 Å². The summed E-state index contributed by atoms with van der Waals surface area (Å²) in [4.78, 5) is 25.3. The van der Waals surface area contributed by atoms with E-state index in [1.807, 2.05) is 12.3 Å². The van der Waals surface area contributed by atoms with Crippen LogP contribution in [0.25, 0.3) is 11.0 Å². The second-order valence-corrected chi connectivity index (χ2v) is 7.09. The number of carbonyl (C=O) groups excluding carboxylic acids is 1. The Labute approximate surface area is 158 Å². The molecule has 1 fully saturated rings. The lowest BCUT2D eigenvalue weighted by Gasteiger charge is -2.30. The topological polar surface area (TPSA) is 99.9 Å². The molecule has 0 unspecified atom stereocenters. The van der Waals surface area contributed by atoms with Crippen molar-refractivity contribution in [2.24, 2.45) is 11.7 Å². The molecule has 1 aliphatic rings. The number of nitrogens with two attached hydrogens (primary N) is 1. The van der Waals surface area contributed by atoms with E-state index in [0.29, 0.717) is 6.54 Å². The normalized spacial score (nSPS) is 15.9. The number of hydrogen-bond acceptors (Lipinski definition) is 5. The number of piperidine rings is 1. The molecule has 3 aromatic rings. The van der Waals surface area contributed by atoms with Gasteiger partial charge in [0.1, 0.15) is 17.8 Å². The van der Waals surface area contributed by atoms with Crippen LogP contribution in [0.1, 0.15) is 24.0 Å². The summed E-state index contributed by atoms with van der Waals surface area (Å²) in [6.45, 7) is 3.48. The molecule has 7 nitrogen and oxygen atoms in total. The minimum absolute atomic E-state index is 0.0444. The molecular weight excluding hydrogens is 340 g/mol. The summed E-state index contributed by atoms with van der Waals surface area (Å²) in [6, 6.07) is 10.6. The lowest BCUT2D eigenvalue weighted by molar-refractivity contribution is -0.123. The average molecular weight is 364 g/mol. The zero-order valence-corrected chi connectivity index (χ0v) is 15.2. The number of nitrogens with one attached hydrogen (secondary N) is 2. The maximum absolute atomic E-state index is 11.3. The summed E-state index contributed by atoms with van der Waals surface area (Å²) in [7, 11) is 0. The molecule has 0 atom stereocenters. The third-order valence-corrected chi connectivity index (χ3v) is 5.23. The third kappa shape index (κ3) is 4.09. The number of benzene rings is 1. The van der Waals surface area contributed by atoms with E-state index >= 15 is 0 Å². The van der Waals surface area contributed by atoms with E-state index in [0.717, 1.165) is 49.3 Å². The van der Waals surface area contributed by atoms with Crippen LogP contribution < -0.4 is 11.1 Å². The molecule has 0 bridgehead atoms. The summed E-state index contributed by atoms with van der Waals surface area (Å²) >= 11 is 0. The Balaban J connectivity index is 1.31. The number of hydrogen-bond donors (Lipinski definition) is 3. The summed E-state index contributed by atoms with van der Waals surface area (Å²) in [5.41, 5.74) is 8.73. The maximum Gasteiger partial charge on any atom is 0.220 e. The number of aromatic nitrogens is 3. The van der Waals surface area contributed by atoms with Crippen molar-refractivity contribution in [1.82, 2.24) is 19.9 Å². The van der Waals surface area contributed by atoms with Crippen molar-refractivity contribution in [3.63, 3.8) is 0 Å². The van der Waals surface area contributed by atoms with Crippen LogP contribution in [0.4, 0.5) is 5.82 Å². The van der Waals surface area contributed by atoms with Crippen LogP contribution in [0.2, 0.25) is 0 Å². The molecule has 140 valence electrons. The first-order chi connectivity index (χ1) is 13.2. The van der Waals surface area contributed by atoms with Crippen molar-refractivity contribution in [1.29, 1.82) is 0 Å². The fraction of sp³-hybridized carbons (Fsp3) is 0.350. The minimum Gasteiger partial charge on any atom is -0.369 e. The van der Waals surface area contributed by atoms with Gasteiger partial charge in [-0.2, -0.15) is 0 Å². The molecule has 4 rings (SSSR count). The fourth-order valence-corrected chi connectivity index (χ4v) is 3.60. The van der Waals surface area contributed by atoms with Gasteiger partial charge in [0.2, 0.25) is 5.91 Å². The monoisotopic (exact) mass is 364 g/mol. The van der Waals surface area contributed by atoms with Gasteiger partial charge in [0, 0.05) is 25.2 Å². The van der Waals surface area contributed by atoms with Gasteiger partial charge in [-0.1, -0.05) is 24.3 Å². The number of aromatic amines is 1. The highest BCUT2D eigenvalue weighted by Gasteiger charge is 2.22. The molecular formula is C20H24N6O. The molecule has 7 heteroatoms. The number of anilines is 1. The number of amides is 1. The Bertz CT molecular complexity index is 912. The largest absolute Gasteiger partial charge is 0.369 e. The first kappa shape index (κ1) is 17.5. The smallest absolute Gasteiger partial charge is 0.220 e. The van der Waals surface area contributed by atoms with Crippen LogP contribution in [0.5, 0.6) is 0 Å². The summed E-state index contributed by atoms with van der Waals surface area (Å²) in [5.74, 6) is 0.720. The second-order valence-electron chi connectivity index (χ2n) is 7.09. The van der Waals surface area contributed by atoms with Gasteiger partial charge in [-0.15, -0.1) is 0 Å². The first-order valence-corrected chi connectivity index (χ1v) is 9.30. The standard InChI is InChI=1S/C20H24N6O/c21-18(27)16-6-9-26(10-7-16)12-15-3-1-14(2-4-15)11-23-20-17-5-8-22-19(17)24-13-25-20/h1-5,8,13,16H,6-7,9-12H2,(H2,21,27)(H2,22,23,24,25). The van der Waals surface area contributed by atoms with E-state index in [1.54, 1.807) is 6.33 Å². The van der Waals surface area contributed by atoms with Crippen molar-refractivity contribution < 1.29 is 4.79 Å². The van der Waals surface area contributed by atoms with Gasteiger partial charge in [0.15, 0.2) is 0 Å². The lowest BCUT2D eigenvalue weighted by Crippen LogP contribution is -2.38. The summed E-state index contributed by atoms with van der Waals surface area (Å²) in [6.07, 6.45) is 5.16. The molecule has 0 radical (unpaired) electrons. The number of rotatable bonds is 6. The van der Waals surface area contributed by atoms with E-state index in [9.17, 15) is 4.79 Å². The molecule has 1 aromatic carbocycles. The molecule has 1 saturated heterocycles. The quantitative estimate of drug-likeness (QED) is 0.623. The zero-order chi connectivity index (χ0) is 18.6.